The van der Waals surface area contributed by atoms with Gasteiger partial charge in [0.15, 0.2) is 0 Å². The van der Waals surface area contributed by atoms with Crippen molar-refractivity contribution in [2.75, 3.05) is 0 Å². The van der Waals surface area contributed by atoms with Gasteiger partial charge in [0, 0.05) is 6.54 Å². The molecule has 0 bridgehead atoms. The van der Waals surface area contributed by atoms with Crippen LogP contribution in [0.2, 0.25) is 0 Å². The molecule has 136 valence electrons. The summed E-state index contributed by atoms with van der Waals surface area (Å²) < 4.78 is 0. The highest BCUT2D eigenvalue weighted by molar-refractivity contribution is 5.90. The van der Waals surface area contributed by atoms with Crippen molar-refractivity contribution >= 4 is 11.8 Å². The summed E-state index contributed by atoms with van der Waals surface area (Å²) in [4.78, 5) is 24.9. The summed E-state index contributed by atoms with van der Waals surface area (Å²) in [5.74, 6) is -0.333. The van der Waals surface area contributed by atoms with Gasteiger partial charge in [-0.3, -0.25) is 9.59 Å². The second-order valence-corrected chi connectivity index (χ2v) is 6.78. The number of rotatable bonds is 5. The minimum Gasteiger partial charge on any atom is -0.348 e. The van der Waals surface area contributed by atoms with Crippen molar-refractivity contribution in [1.82, 2.24) is 16.0 Å². The van der Waals surface area contributed by atoms with Crippen LogP contribution in [0.5, 0.6) is 0 Å². The van der Waals surface area contributed by atoms with Crippen LogP contribution < -0.4 is 16.0 Å². The van der Waals surface area contributed by atoms with Gasteiger partial charge in [0.1, 0.15) is 6.04 Å². The van der Waals surface area contributed by atoms with Gasteiger partial charge in [-0.1, -0.05) is 54.6 Å². The number of benzene rings is 2. The zero-order valence-electron chi connectivity index (χ0n) is 15.2. The molecular weight excluding hydrogens is 326 g/mol. The molecular formula is C21H25N3O2. The molecule has 2 aromatic carbocycles. The molecule has 1 aliphatic rings. The molecule has 5 nitrogen and oxygen atoms in total. The maximum absolute atomic E-state index is 12.5. The molecule has 3 rings (SSSR count). The third-order valence-corrected chi connectivity index (χ3v) is 4.81. The van der Waals surface area contributed by atoms with Crippen LogP contribution in [0.4, 0.5) is 0 Å². The number of amides is 2. The fraction of sp³-hybridized carbons (Fsp3) is 0.333. The van der Waals surface area contributed by atoms with Gasteiger partial charge in [-0.25, -0.2) is 0 Å². The molecule has 0 aliphatic carbocycles. The number of hydrogen-bond acceptors (Lipinski definition) is 3. The van der Waals surface area contributed by atoms with Crippen molar-refractivity contribution in [3.05, 3.63) is 71.3 Å². The van der Waals surface area contributed by atoms with Gasteiger partial charge >= 0.3 is 0 Å². The molecule has 0 spiro atoms. The van der Waals surface area contributed by atoms with Gasteiger partial charge in [0.25, 0.3) is 0 Å². The highest BCUT2D eigenvalue weighted by Crippen LogP contribution is 2.16. The molecule has 26 heavy (non-hydrogen) atoms. The average molecular weight is 351 g/mol. The smallest absolute Gasteiger partial charge is 0.242 e. The second-order valence-electron chi connectivity index (χ2n) is 6.78. The Morgan fingerprint density at radius 2 is 1.62 bits per heavy atom. The summed E-state index contributed by atoms with van der Waals surface area (Å²) in [7, 11) is 0. The Hall–Kier alpha value is -2.66. The van der Waals surface area contributed by atoms with Gasteiger partial charge in [-0.05, 0) is 37.0 Å². The monoisotopic (exact) mass is 351 g/mol. The van der Waals surface area contributed by atoms with E-state index < -0.39 is 6.04 Å². The number of fused-ring (bicyclic) bond motifs is 1. The summed E-state index contributed by atoms with van der Waals surface area (Å²) in [5, 5.41) is 9.01. The van der Waals surface area contributed by atoms with Crippen molar-refractivity contribution < 1.29 is 9.59 Å². The molecule has 0 saturated heterocycles. The van der Waals surface area contributed by atoms with E-state index in [0.717, 1.165) is 5.56 Å². The van der Waals surface area contributed by atoms with E-state index in [1.165, 1.54) is 11.1 Å². The highest BCUT2D eigenvalue weighted by atomic mass is 16.2. The van der Waals surface area contributed by atoms with E-state index >= 15 is 0 Å². The SMILES string of the molecule is C[C@H](NC(=O)[C@@H]1Cc2ccccc2CN1)C(=O)N[C@H](C)c1ccccc1. The van der Waals surface area contributed by atoms with Gasteiger partial charge in [0.05, 0.1) is 12.1 Å². The van der Waals surface area contributed by atoms with Gasteiger partial charge in [-0.15, -0.1) is 0 Å². The third kappa shape index (κ3) is 4.29. The normalized spacial score (nSPS) is 18.3. The first-order valence-corrected chi connectivity index (χ1v) is 9.00. The lowest BCUT2D eigenvalue weighted by molar-refractivity contribution is -0.130. The number of hydrogen-bond donors (Lipinski definition) is 3. The van der Waals surface area contributed by atoms with Crippen LogP contribution in [0.25, 0.3) is 0 Å². The quantitative estimate of drug-likeness (QED) is 0.772. The van der Waals surface area contributed by atoms with Crippen molar-refractivity contribution in [3.63, 3.8) is 0 Å². The van der Waals surface area contributed by atoms with E-state index in [1.807, 2.05) is 55.5 Å². The molecule has 0 fully saturated rings. The molecule has 0 unspecified atom stereocenters. The van der Waals surface area contributed by atoms with Crippen LogP contribution in [0.3, 0.4) is 0 Å². The molecule has 2 aromatic rings. The topological polar surface area (TPSA) is 70.2 Å². The van der Waals surface area contributed by atoms with E-state index in [9.17, 15) is 9.59 Å². The first-order chi connectivity index (χ1) is 12.5. The Balaban J connectivity index is 1.53. The average Bonchev–Trinajstić information content (AvgIpc) is 2.68. The van der Waals surface area contributed by atoms with Gasteiger partial charge in [-0.2, -0.15) is 0 Å². The fourth-order valence-electron chi connectivity index (χ4n) is 3.18. The molecule has 0 aromatic heterocycles. The zero-order valence-corrected chi connectivity index (χ0v) is 15.2. The largest absolute Gasteiger partial charge is 0.348 e. The molecule has 1 aliphatic heterocycles. The standard InChI is InChI=1S/C21H25N3O2/c1-14(16-8-4-3-5-9-16)23-20(25)15(2)24-21(26)19-12-17-10-6-7-11-18(17)13-22-19/h3-11,14-15,19,22H,12-13H2,1-2H3,(H,23,25)(H,24,26)/t14-,15+,19+/m1/s1. The van der Waals surface area contributed by atoms with Crippen LogP contribution >= 0.6 is 0 Å². The van der Waals surface area contributed by atoms with E-state index in [-0.39, 0.29) is 23.9 Å². The zero-order chi connectivity index (χ0) is 18.5. The van der Waals surface area contributed by atoms with Crippen LogP contribution in [0.15, 0.2) is 54.6 Å². The molecule has 0 saturated carbocycles. The number of carbonyl (C=O) groups excluding carboxylic acids is 2. The Morgan fingerprint density at radius 3 is 2.35 bits per heavy atom. The molecule has 0 radical (unpaired) electrons. The molecule has 3 N–H and O–H groups in total. The predicted octanol–water partition coefficient (Wildman–Crippen LogP) is 2.08. The molecule has 2 amide bonds. The van der Waals surface area contributed by atoms with Crippen molar-refractivity contribution in [2.24, 2.45) is 0 Å². The lowest BCUT2D eigenvalue weighted by Crippen LogP contribution is -2.53. The molecule has 3 atom stereocenters. The fourth-order valence-corrected chi connectivity index (χ4v) is 3.18. The summed E-state index contributed by atoms with van der Waals surface area (Å²) >= 11 is 0. The van der Waals surface area contributed by atoms with Crippen LogP contribution in [-0.4, -0.2) is 23.9 Å². The maximum Gasteiger partial charge on any atom is 0.242 e. The van der Waals surface area contributed by atoms with E-state index in [0.29, 0.717) is 13.0 Å². The number of nitrogens with one attached hydrogen (secondary N) is 3. The summed E-state index contributed by atoms with van der Waals surface area (Å²) in [6, 6.07) is 16.9. The van der Waals surface area contributed by atoms with Gasteiger partial charge < -0.3 is 16.0 Å². The van der Waals surface area contributed by atoms with Crippen molar-refractivity contribution in [2.45, 2.75) is 44.9 Å². The summed E-state index contributed by atoms with van der Waals surface area (Å²) in [5.41, 5.74) is 3.44. The minimum absolute atomic E-state index is 0.109. The van der Waals surface area contributed by atoms with Crippen LogP contribution in [0, 0.1) is 0 Å². The molecule has 1 heterocycles. The Kier molecular flexibility index (Phi) is 5.68. The van der Waals surface area contributed by atoms with E-state index in [4.69, 9.17) is 0 Å². The van der Waals surface area contributed by atoms with E-state index in [2.05, 4.69) is 22.0 Å². The van der Waals surface area contributed by atoms with Crippen LogP contribution in [-0.2, 0) is 22.6 Å². The Bertz CT molecular complexity index is 776. The first kappa shape index (κ1) is 18.1. The highest BCUT2D eigenvalue weighted by Gasteiger charge is 2.26. The van der Waals surface area contributed by atoms with E-state index in [1.54, 1.807) is 6.92 Å². The Labute approximate surface area is 154 Å². The van der Waals surface area contributed by atoms with Gasteiger partial charge in [0.2, 0.25) is 11.8 Å². The maximum atomic E-state index is 12.5. The van der Waals surface area contributed by atoms with Crippen LogP contribution in [0.1, 0.15) is 36.6 Å². The Morgan fingerprint density at radius 1 is 0.962 bits per heavy atom. The minimum atomic E-state index is -0.590. The third-order valence-electron chi connectivity index (χ3n) is 4.81. The number of carbonyl (C=O) groups is 2. The molecule has 5 heteroatoms. The summed E-state index contributed by atoms with van der Waals surface area (Å²) in [6.07, 6.45) is 0.636. The lowest BCUT2D eigenvalue weighted by atomic mass is 9.95. The lowest BCUT2D eigenvalue weighted by Gasteiger charge is -2.27. The predicted molar refractivity (Wildman–Crippen MR) is 101 cm³/mol. The second kappa shape index (κ2) is 8.15. The summed E-state index contributed by atoms with van der Waals surface area (Å²) in [6.45, 7) is 4.31. The van der Waals surface area contributed by atoms with Crippen molar-refractivity contribution in [1.29, 1.82) is 0 Å². The van der Waals surface area contributed by atoms with Crippen molar-refractivity contribution in [3.8, 4) is 0 Å². The first-order valence-electron chi connectivity index (χ1n) is 9.00.